The Bertz CT molecular complexity index is 1060. The molecule has 10 nitrogen and oxygen atoms in total. The molecule has 0 aliphatic rings. The topological polar surface area (TPSA) is 117 Å². The van der Waals surface area contributed by atoms with Crippen molar-refractivity contribution in [1.82, 2.24) is 19.6 Å². The quantitative estimate of drug-likeness (QED) is 0.594. The van der Waals surface area contributed by atoms with E-state index >= 15 is 0 Å². The lowest BCUT2D eigenvalue weighted by Gasteiger charge is -2.12. The van der Waals surface area contributed by atoms with E-state index in [1.807, 2.05) is 6.92 Å². The van der Waals surface area contributed by atoms with E-state index in [9.17, 15) is 9.59 Å². The highest BCUT2D eigenvalue weighted by Gasteiger charge is 2.17. The van der Waals surface area contributed by atoms with Gasteiger partial charge in [-0.05, 0) is 26.0 Å². The number of carbonyl (C=O) groups excluding carboxylic acids is 2. The minimum Gasteiger partial charge on any atom is -0.497 e. The third-order valence-electron chi connectivity index (χ3n) is 4.36. The molecule has 0 fully saturated rings. The van der Waals surface area contributed by atoms with Gasteiger partial charge in [-0.3, -0.25) is 9.59 Å². The Balaban J connectivity index is 1.60. The molecule has 0 spiro atoms. The Labute approximate surface area is 166 Å². The highest BCUT2D eigenvalue weighted by atomic mass is 16.5. The summed E-state index contributed by atoms with van der Waals surface area (Å²) in [5.41, 5.74) is 2.54. The Hall–Kier alpha value is -3.69. The monoisotopic (exact) mass is 399 g/mol. The minimum atomic E-state index is -0.547. The van der Waals surface area contributed by atoms with E-state index in [1.54, 1.807) is 29.6 Å². The standard InChI is InChI=1S/C19H21N5O5/c1-11-14(12(2)24-19(22-11)20-10-21-24)8-18(26)29-9-17(25)23-15-6-5-13(27-3)7-16(15)28-4/h5-7,10H,8-9H2,1-4H3,(H,23,25). The number of methoxy groups -OCH3 is 2. The zero-order valence-corrected chi connectivity index (χ0v) is 16.6. The van der Waals surface area contributed by atoms with Gasteiger partial charge in [0.2, 0.25) is 0 Å². The van der Waals surface area contributed by atoms with Crippen LogP contribution in [0.1, 0.15) is 17.0 Å². The number of anilines is 1. The molecule has 0 aliphatic heterocycles. The molecule has 1 aromatic carbocycles. The summed E-state index contributed by atoms with van der Waals surface area (Å²) in [4.78, 5) is 32.7. The fraction of sp³-hybridized carbons (Fsp3) is 0.316. The van der Waals surface area contributed by atoms with Crippen molar-refractivity contribution >= 4 is 23.3 Å². The lowest BCUT2D eigenvalue weighted by atomic mass is 10.1. The number of esters is 1. The van der Waals surface area contributed by atoms with Crippen LogP contribution in [0, 0.1) is 13.8 Å². The molecule has 3 rings (SSSR count). The Morgan fingerprint density at radius 3 is 2.69 bits per heavy atom. The first-order valence-electron chi connectivity index (χ1n) is 8.76. The van der Waals surface area contributed by atoms with Gasteiger partial charge in [-0.25, -0.2) is 9.50 Å². The summed E-state index contributed by atoms with van der Waals surface area (Å²) in [7, 11) is 3.02. The number of nitrogens with zero attached hydrogens (tertiary/aromatic N) is 4. The zero-order chi connectivity index (χ0) is 21.0. The molecule has 1 N–H and O–H groups in total. The van der Waals surface area contributed by atoms with Gasteiger partial charge in [0.25, 0.3) is 11.7 Å². The van der Waals surface area contributed by atoms with Crippen molar-refractivity contribution in [2.75, 3.05) is 26.1 Å². The number of hydrogen-bond donors (Lipinski definition) is 1. The van der Waals surface area contributed by atoms with Crippen molar-refractivity contribution < 1.29 is 23.8 Å². The molecule has 2 heterocycles. The van der Waals surface area contributed by atoms with Gasteiger partial charge < -0.3 is 19.5 Å². The van der Waals surface area contributed by atoms with E-state index in [0.29, 0.717) is 34.2 Å². The smallest absolute Gasteiger partial charge is 0.310 e. The Morgan fingerprint density at radius 1 is 1.17 bits per heavy atom. The van der Waals surface area contributed by atoms with Crippen LogP contribution >= 0.6 is 0 Å². The van der Waals surface area contributed by atoms with E-state index in [0.717, 1.165) is 5.69 Å². The number of ether oxygens (including phenoxy) is 3. The molecule has 0 radical (unpaired) electrons. The maximum atomic E-state index is 12.2. The summed E-state index contributed by atoms with van der Waals surface area (Å²) in [6.45, 7) is 3.18. The molecule has 10 heteroatoms. The second kappa shape index (κ2) is 8.55. The van der Waals surface area contributed by atoms with Gasteiger partial charge in [0.15, 0.2) is 6.61 Å². The van der Waals surface area contributed by atoms with Crippen LogP contribution in [-0.2, 0) is 20.7 Å². The Morgan fingerprint density at radius 2 is 1.97 bits per heavy atom. The number of aryl methyl sites for hydroxylation is 2. The van der Waals surface area contributed by atoms with E-state index in [4.69, 9.17) is 14.2 Å². The molecule has 29 heavy (non-hydrogen) atoms. The SMILES string of the molecule is COc1ccc(NC(=O)COC(=O)Cc2c(C)nc3ncnn3c2C)c(OC)c1. The van der Waals surface area contributed by atoms with Crippen LogP contribution < -0.4 is 14.8 Å². The summed E-state index contributed by atoms with van der Waals surface area (Å²) < 4.78 is 17.0. The van der Waals surface area contributed by atoms with Gasteiger partial charge in [0.05, 0.1) is 26.3 Å². The molecular formula is C19H21N5O5. The average Bonchev–Trinajstić information content (AvgIpc) is 3.18. The van der Waals surface area contributed by atoms with Crippen LogP contribution in [0.25, 0.3) is 5.78 Å². The maximum absolute atomic E-state index is 12.2. The predicted octanol–water partition coefficient (Wildman–Crippen LogP) is 1.48. The maximum Gasteiger partial charge on any atom is 0.310 e. The fourth-order valence-corrected chi connectivity index (χ4v) is 2.84. The zero-order valence-electron chi connectivity index (χ0n) is 16.6. The lowest BCUT2D eigenvalue weighted by Crippen LogP contribution is -2.22. The van der Waals surface area contributed by atoms with E-state index < -0.39 is 18.5 Å². The molecule has 0 saturated heterocycles. The summed E-state index contributed by atoms with van der Waals surface area (Å²) in [6.07, 6.45) is 1.37. The van der Waals surface area contributed by atoms with E-state index in [-0.39, 0.29) is 6.42 Å². The van der Waals surface area contributed by atoms with Crippen LogP contribution in [0.15, 0.2) is 24.5 Å². The fourth-order valence-electron chi connectivity index (χ4n) is 2.84. The predicted molar refractivity (Wildman–Crippen MR) is 103 cm³/mol. The highest BCUT2D eigenvalue weighted by molar-refractivity contribution is 5.94. The molecule has 0 aliphatic carbocycles. The molecular weight excluding hydrogens is 378 g/mol. The number of carbonyl (C=O) groups is 2. The van der Waals surface area contributed by atoms with Gasteiger partial charge in [-0.15, -0.1) is 0 Å². The van der Waals surface area contributed by atoms with Gasteiger partial charge >= 0.3 is 5.97 Å². The van der Waals surface area contributed by atoms with Gasteiger partial charge in [0.1, 0.15) is 17.8 Å². The molecule has 0 unspecified atom stereocenters. The van der Waals surface area contributed by atoms with E-state index in [1.165, 1.54) is 20.5 Å². The second-order valence-corrected chi connectivity index (χ2v) is 6.18. The van der Waals surface area contributed by atoms with Crippen molar-refractivity contribution in [2.45, 2.75) is 20.3 Å². The number of benzene rings is 1. The van der Waals surface area contributed by atoms with Crippen molar-refractivity contribution in [1.29, 1.82) is 0 Å². The third kappa shape index (κ3) is 4.42. The second-order valence-electron chi connectivity index (χ2n) is 6.18. The van der Waals surface area contributed by atoms with Crippen LogP contribution in [0.3, 0.4) is 0 Å². The molecule has 0 atom stereocenters. The largest absolute Gasteiger partial charge is 0.497 e. The van der Waals surface area contributed by atoms with Gasteiger partial charge in [0, 0.05) is 23.0 Å². The highest BCUT2D eigenvalue weighted by Crippen LogP contribution is 2.28. The first-order valence-corrected chi connectivity index (χ1v) is 8.76. The third-order valence-corrected chi connectivity index (χ3v) is 4.36. The molecule has 3 aromatic rings. The number of aromatic nitrogens is 4. The molecule has 0 bridgehead atoms. The molecule has 2 aromatic heterocycles. The van der Waals surface area contributed by atoms with Crippen LogP contribution in [0.2, 0.25) is 0 Å². The van der Waals surface area contributed by atoms with Crippen molar-refractivity contribution in [3.63, 3.8) is 0 Å². The van der Waals surface area contributed by atoms with Gasteiger partial charge in [-0.1, -0.05) is 0 Å². The Kier molecular flexibility index (Phi) is 5.91. The first kappa shape index (κ1) is 20.1. The number of amides is 1. The molecule has 1 amide bonds. The van der Waals surface area contributed by atoms with Crippen molar-refractivity contribution in [3.05, 3.63) is 41.5 Å². The lowest BCUT2D eigenvalue weighted by molar-refractivity contribution is -0.146. The van der Waals surface area contributed by atoms with Crippen molar-refractivity contribution in [3.8, 4) is 11.5 Å². The summed E-state index contributed by atoms with van der Waals surface area (Å²) in [6, 6.07) is 4.96. The van der Waals surface area contributed by atoms with E-state index in [2.05, 4.69) is 20.4 Å². The summed E-state index contributed by atoms with van der Waals surface area (Å²) >= 11 is 0. The number of fused-ring (bicyclic) bond motifs is 1. The number of rotatable bonds is 7. The number of nitrogens with one attached hydrogen (secondary N) is 1. The van der Waals surface area contributed by atoms with Crippen molar-refractivity contribution in [2.24, 2.45) is 0 Å². The molecule has 152 valence electrons. The average molecular weight is 399 g/mol. The van der Waals surface area contributed by atoms with Crippen LogP contribution in [0.4, 0.5) is 5.69 Å². The van der Waals surface area contributed by atoms with Crippen LogP contribution in [0.5, 0.6) is 11.5 Å². The molecule has 0 saturated carbocycles. The normalized spacial score (nSPS) is 10.6. The summed E-state index contributed by atoms with van der Waals surface area (Å²) in [5.74, 6) is 0.455. The summed E-state index contributed by atoms with van der Waals surface area (Å²) in [5, 5.41) is 6.73. The van der Waals surface area contributed by atoms with Gasteiger partial charge in [-0.2, -0.15) is 10.1 Å². The first-order chi connectivity index (χ1) is 13.9. The minimum absolute atomic E-state index is 0.0282. The number of hydrogen-bond acceptors (Lipinski definition) is 8. The van der Waals surface area contributed by atoms with Crippen LogP contribution in [-0.4, -0.2) is 52.3 Å².